The summed E-state index contributed by atoms with van der Waals surface area (Å²) in [5.74, 6) is -0.903. The van der Waals surface area contributed by atoms with Crippen molar-refractivity contribution in [2.75, 3.05) is 13.7 Å². The molecule has 4 atom stereocenters. The number of rotatable bonds is 6. The van der Waals surface area contributed by atoms with E-state index < -0.39 is 23.7 Å². The average molecular weight is 471 g/mol. The second-order valence-corrected chi connectivity index (χ2v) is 9.67. The van der Waals surface area contributed by atoms with Gasteiger partial charge in [-0.3, -0.25) is 4.79 Å². The van der Waals surface area contributed by atoms with Crippen molar-refractivity contribution in [3.8, 4) is 10.4 Å². The molecule has 3 unspecified atom stereocenters. The van der Waals surface area contributed by atoms with E-state index in [1.807, 2.05) is 25.1 Å². The van der Waals surface area contributed by atoms with Crippen LogP contribution >= 0.6 is 11.3 Å². The Morgan fingerprint density at radius 3 is 2.55 bits per heavy atom. The molecular weight excluding hydrogens is 443 g/mol. The highest BCUT2D eigenvalue weighted by atomic mass is 32.1. The van der Waals surface area contributed by atoms with Crippen molar-refractivity contribution in [2.45, 2.75) is 37.6 Å². The summed E-state index contributed by atoms with van der Waals surface area (Å²) in [4.78, 5) is 14.8. The third kappa shape index (κ3) is 4.39. The Bertz CT molecular complexity index is 1140. The molecule has 0 radical (unpaired) electrons. The van der Waals surface area contributed by atoms with Gasteiger partial charge in [-0.05, 0) is 60.4 Å². The van der Waals surface area contributed by atoms with Gasteiger partial charge in [-0.15, -0.1) is 11.3 Å². The topological polar surface area (TPSA) is 87.0 Å². The number of carbonyl (C=O) groups is 1. The Balaban J connectivity index is 1.69. The fraction of sp³-hybridized carbons (Fsp3) is 0.346. The number of aryl methyl sites for hydroxylation is 1. The maximum absolute atomic E-state index is 13.4. The fourth-order valence-electron chi connectivity index (χ4n) is 4.60. The highest BCUT2D eigenvalue weighted by Gasteiger charge is 2.48. The predicted molar refractivity (Wildman–Crippen MR) is 125 cm³/mol. The molecule has 2 aromatic carbocycles. The Kier molecular flexibility index (Phi) is 6.79. The maximum atomic E-state index is 13.4. The lowest BCUT2D eigenvalue weighted by molar-refractivity contribution is -0.174. The van der Waals surface area contributed by atoms with Crippen LogP contribution in [0.5, 0.6) is 0 Å². The van der Waals surface area contributed by atoms with Crippen LogP contribution in [-0.4, -0.2) is 47.0 Å². The van der Waals surface area contributed by atoms with E-state index in [4.69, 9.17) is 4.74 Å². The predicted octanol–water partition coefficient (Wildman–Crippen LogP) is 4.06. The van der Waals surface area contributed by atoms with Crippen LogP contribution in [0.15, 0.2) is 54.6 Å². The first-order valence-corrected chi connectivity index (χ1v) is 11.6. The van der Waals surface area contributed by atoms with E-state index in [-0.39, 0.29) is 31.0 Å². The third-order valence-electron chi connectivity index (χ3n) is 6.64. The van der Waals surface area contributed by atoms with Gasteiger partial charge in [0.15, 0.2) is 0 Å². The number of hydrogen-bond donors (Lipinski definition) is 3. The van der Waals surface area contributed by atoms with Crippen LogP contribution < -0.4 is 0 Å². The first kappa shape index (κ1) is 23.7. The number of ketones is 1. The Labute approximate surface area is 196 Å². The second kappa shape index (κ2) is 9.44. The molecule has 7 heteroatoms. The summed E-state index contributed by atoms with van der Waals surface area (Å²) < 4.78 is 19.0. The number of aliphatic hydroxyl groups is 3. The molecule has 4 rings (SSSR count). The summed E-state index contributed by atoms with van der Waals surface area (Å²) in [5.41, 5.74) is 1.62. The molecule has 0 aliphatic heterocycles. The van der Waals surface area contributed by atoms with Crippen LogP contribution in [-0.2, 0) is 10.3 Å². The molecule has 1 aliphatic rings. The molecule has 1 saturated carbocycles. The minimum absolute atomic E-state index is 0.0716. The highest BCUT2D eigenvalue weighted by molar-refractivity contribution is 7.17. The molecule has 1 heterocycles. The number of hydrogen-bond acceptors (Lipinski definition) is 6. The molecule has 0 spiro atoms. The van der Waals surface area contributed by atoms with Gasteiger partial charge in [0, 0.05) is 36.5 Å². The largest absolute Gasteiger partial charge is 0.396 e. The monoisotopic (exact) mass is 470 g/mol. The summed E-state index contributed by atoms with van der Waals surface area (Å²) in [6, 6.07) is 15.1. The number of carbonyl (C=O) groups excluding carboxylic acids is 1. The first-order valence-electron chi connectivity index (χ1n) is 10.8. The van der Waals surface area contributed by atoms with Crippen LogP contribution in [0.2, 0.25) is 0 Å². The van der Waals surface area contributed by atoms with E-state index in [2.05, 4.69) is 0 Å². The summed E-state index contributed by atoms with van der Waals surface area (Å²) in [5, 5.41) is 30.8. The van der Waals surface area contributed by atoms with Crippen molar-refractivity contribution in [2.24, 2.45) is 5.92 Å². The number of halogens is 1. The van der Waals surface area contributed by atoms with E-state index in [1.165, 1.54) is 30.6 Å². The normalized spacial score (nSPS) is 25.2. The van der Waals surface area contributed by atoms with Gasteiger partial charge in [0.05, 0.1) is 17.1 Å². The van der Waals surface area contributed by atoms with Crippen LogP contribution in [0.4, 0.5) is 4.39 Å². The lowest BCUT2D eigenvalue weighted by atomic mass is 9.70. The maximum Gasteiger partial charge on any atom is 0.203 e. The fourth-order valence-corrected chi connectivity index (χ4v) is 5.56. The molecule has 174 valence electrons. The zero-order valence-corrected chi connectivity index (χ0v) is 19.3. The molecule has 1 aliphatic carbocycles. The van der Waals surface area contributed by atoms with Crippen molar-refractivity contribution in [3.05, 3.63) is 82.0 Å². The Hall–Kier alpha value is -2.42. The summed E-state index contributed by atoms with van der Waals surface area (Å²) in [6.07, 6.45) is -1.51. The quantitative estimate of drug-likeness (QED) is 0.473. The number of aliphatic hydroxyl groups excluding tert-OH is 3. The summed E-state index contributed by atoms with van der Waals surface area (Å²) in [6.45, 7) is 1.63. The third-order valence-corrected chi connectivity index (χ3v) is 7.77. The summed E-state index contributed by atoms with van der Waals surface area (Å²) in [7, 11) is 1.49. The molecule has 0 saturated heterocycles. The van der Waals surface area contributed by atoms with Crippen molar-refractivity contribution >= 4 is 17.1 Å². The molecule has 0 bridgehead atoms. The average Bonchev–Trinajstić information content (AvgIpc) is 3.30. The Morgan fingerprint density at radius 2 is 1.88 bits per heavy atom. The van der Waals surface area contributed by atoms with Gasteiger partial charge in [-0.25, -0.2) is 4.39 Å². The van der Waals surface area contributed by atoms with Crippen molar-refractivity contribution in [1.29, 1.82) is 0 Å². The summed E-state index contributed by atoms with van der Waals surface area (Å²) >= 11 is 1.34. The number of ether oxygens (including phenoxy) is 1. The number of thiophene rings is 1. The molecule has 33 heavy (non-hydrogen) atoms. The molecule has 3 N–H and O–H groups in total. The smallest absolute Gasteiger partial charge is 0.203 e. The van der Waals surface area contributed by atoms with Gasteiger partial charge in [-0.2, -0.15) is 0 Å². The minimum Gasteiger partial charge on any atom is -0.396 e. The minimum atomic E-state index is -1.13. The van der Waals surface area contributed by atoms with E-state index in [9.17, 15) is 24.5 Å². The van der Waals surface area contributed by atoms with Gasteiger partial charge in [0.2, 0.25) is 5.78 Å². The number of benzene rings is 2. The van der Waals surface area contributed by atoms with Gasteiger partial charge >= 0.3 is 0 Å². The lowest BCUT2D eigenvalue weighted by Gasteiger charge is -2.45. The molecule has 3 aromatic rings. The zero-order chi connectivity index (χ0) is 23.8. The molecule has 0 amide bonds. The molecule has 1 fully saturated rings. The van der Waals surface area contributed by atoms with E-state index >= 15 is 0 Å². The van der Waals surface area contributed by atoms with Gasteiger partial charge in [-0.1, -0.05) is 24.3 Å². The zero-order valence-electron chi connectivity index (χ0n) is 18.5. The van der Waals surface area contributed by atoms with Crippen LogP contribution in [0.1, 0.15) is 39.2 Å². The van der Waals surface area contributed by atoms with E-state index in [0.29, 0.717) is 16.0 Å². The van der Waals surface area contributed by atoms with Gasteiger partial charge < -0.3 is 20.1 Å². The van der Waals surface area contributed by atoms with Gasteiger partial charge in [0.25, 0.3) is 0 Å². The Morgan fingerprint density at radius 1 is 1.15 bits per heavy atom. The van der Waals surface area contributed by atoms with E-state index in [1.54, 1.807) is 24.3 Å². The van der Waals surface area contributed by atoms with Gasteiger partial charge in [0.1, 0.15) is 11.4 Å². The highest BCUT2D eigenvalue weighted by Crippen LogP contribution is 2.43. The standard InChI is InChI=1S/C26H27FO5S/c1-15-3-6-18(26(32-2)13-17(14-28)21(29)12-24(26)30)11-20(15)25(31)23-10-9-22(33-23)16-4-7-19(27)8-5-16/h3-11,17,21,24,28-30H,12-14H2,1-2H3/t17-,21?,24?,26?/m0/s1. The lowest BCUT2D eigenvalue weighted by Crippen LogP contribution is -2.52. The van der Waals surface area contributed by atoms with E-state index in [0.717, 1.165) is 16.0 Å². The van der Waals surface area contributed by atoms with Crippen LogP contribution in [0.25, 0.3) is 10.4 Å². The van der Waals surface area contributed by atoms with Crippen molar-refractivity contribution in [3.63, 3.8) is 0 Å². The molecular formula is C26H27FO5S. The molecule has 1 aromatic heterocycles. The number of methoxy groups -OCH3 is 1. The SMILES string of the molecule is COC1(c2ccc(C)c(C(=O)c3ccc(-c4ccc(F)cc4)s3)c2)C[C@@H](CO)C(O)CC1O. The van der Waals surface area contributed by atoms with Crippen molar-refractivity contribution < 1.29 is 29.2 Å². The second-order valence-electron chi connectivity index (χ2n) is 8.59. The first-order chi connectivity index (χ1) is 15.8. The van der Waals surface area contributed by atoms with Crippen molar-refractivity contribution in [1.82, 2.24) is 0 Å². The van der Waals surface area contributed by atoms with Crippen LogP contribution in [0, 0.1) is 18.7 Å². The van der Waals surface area contributed by atoms with Crippen LogP contribution in [0.3, 0.4) is 0 Å². The molecule has 5 nitrogen and oxygen atoms in total.